The number of halogens is 3. The van der Waals surface area contributed by atoms with Crippen molar-refractivity contribution in [2.45, 2.75) is 44.1 Å². The van der Waals surface area contributed by atoms with E-state index < -0.39 is 23.0 Å². The number of nitrogens with zero attached hydrogens (tertiary/aromatic N) is 1. The zero-order valence-electron chi connectivity index (χ0n) is 17.3. The largest absolute Gasteiger partial charge is 0.297 e. The molecule has 0 bridgehead atoms. The summed E-state index contributed by atoms with van der Waals surface area (Å²) in [6.45, 7) is 3.74. The van der Waals surface area contributed by atoms with E-state index in [4.69, 9.17) is 0 Å². The summed E-state index contributed by atoms with van der Waals surface area (Å²) in [5.41, 5.74) is 0.656. The van der Waals surface area contributed by atoms with Gasteiger partial charge in [0.2, 0.25) is 11.8 Å². The first-order chi connectivity index (χ1) is 14.8. The third-order valence-electron chi connectivity index (χ3n) is 6.97. The lowest BCUT2D eigenvalue weighted by molar-refractivity contribution is -0.140. The van der Waals surface area contributed by atoms with Crippen molar-refractivity contribution in [1.29, 1.82) is 0 Å². The molecule has 2 aromatic carbocycles. The molecule has 2 saturated heterocycles. The maximum absolute atomic E-state index is 14.1. The zero-order chi connectivity index (χ0) is 22.2. The van der Waals surface area contributed by atoms with Crippen LogP contribution >= 0.6 is 15.9 Å². The Kier molecular flexibility index (Phi) is 6.26. The average Bonchev–Trinajstić information content (AvgIpc) is 2.76. The van der Waals surface area contributed by atoms with Crippen LogP contribution in [0.1, 0.15) is 49.8 Å². The number of carbonyl (C=O) groups excluding carboxylic acids is 2. The predicted octanol–water partition coefficient (Wildman–Crippen LogP) is 4.87. The van der Waals surface area contributed by atoms with Crippen LogP contribution in [0.15, 0.2) is 46.9 Å². The Bertz CT molecular complexity index is 990. The molecule has 0 aliphatic carbocycles. The summed E-state index contributed by atoms with van der Waals surface area (Å²) >= 11 is 3.46. The Labute approximate surface area is 189 Å². The molecule has 31 heavy (non-hydrogen) atoms. The fraction of sp³-hybridized carbons (Fsp3) is 0.417. The summed E-state index contributed by atoms with van der Waals surface area (Å²) in [4.78, 5) is 27.3. The van der Waals surface area contributed by atoms with E-state index in [0.717, 1.165) is 42.5 Å². The summed E-state index contributed by atoms with van der Waals surface area (Å²) in [6.07, 6.45) is 1.98. The standard InChI is InChI=1S/C24H25BrF2N2O2/c1-15(16-2-5-19(25)6-3-16)29-12-9-17(10-13-29)24(11-8-22(30)28-23(24)31)18-4-7-20(26)21(27)14-18/h2-7,14-15,17H,8-13H2,1H3,(H,28,30,31)/t15-,24+/m1/s1. The second-order valence-electron chi connectivity index (χ2n) is 8.52. The molecule has 164 valence electrons. The quantitative estimate of drug-likeness (QED) is 0.621. The van der Waals surface area contributed by atoms with E-state index >= 15 is 0 Å². The first-order valence-electron chi connectivity index (χ1n) is 10.6. The van der Waals surface area contributed by atoms with E-state index in [1.54, 1.807) is 0 Å². The number of hydrogen-bond acceptors (Lipinski definition) is 3. The third kappa shape index (κ3) is 4.17. The van der Waals surface area contributed by atoms with Crippen LogP contribution in [-0.4, -0.2) is 29.8 Å². The van der Waals surface area contributed by atoms with Gasteiger partial charge in [0.25, 0.3) is 0 Å². The van der Waals surface area contributed by atoms with Gasteiger partial charge in [-0.3, -0.25) is 19.8 Å². The van der Waals surface area contributed by atoms with E-state index in [9.17, 15) is 18.4 Å². The minimum Gasteiger partial charge on any atom is -0.297 e. The summed E-state index contributed by atoms with van der Waals surface area (Å²) in [6, 6.07) is 12.2. The van der Waals surface area contributed by atoms with Crippen molar-refractivity contribution in [3.63, 3.8) is 0 Å². The minimum atomic E-state index is -1.02. The van der Waals surface area contributed by atoms with Crippen LogP contribution in [0.2, 0.25) is 0 Å². The van der Waals surface area contributed by atoms with Crippen LogP contribution in [-0.2, 0) is 15.0 Å². The Balaban J connectivity index is 1.58. The SMILES string of the molecule is C[C@H](c1ccc(Br)cc1)N1CCC([C@]2(c3ccc(F)c(F)c3)CCC(=O)NC2=O)CC1. The minimum absolute atomic E-state index is 0.0566. The van der Waals surface area contributed by atoms with Gasteiger partial charge in [0.05, 0.1) is 5.41 Å². The van der Waals surface area contributed by atoms with Gasteiger partial charge in [-0.15, -0.1) is 0 Å². The smallest absolute Gasteiger partial charge is 0.237 e. The summed E-state index contributed by atoms with van der Waals surface area (Å²) in [5.74, 6) is -2.68. The Morgan fingerprint density at radius 3 is 2.35 bits per heavy atom. The van der Waals surface area contributed by atoms with Gasteiger partial charge in [-0.1, -0.05) is 34.1 Å². The van der Waals surface area contributed by atoms with Crippen LogP contribution in [0.4, 0.5) is 8.78 Å². The molecule has 4 nitrogen and oxygen atoms in total. The number of imide groups is 1. The number of piperidine rings is 2. The molecule has 0 saturated carbocycles. The lowest BCUT2D eigenvalue weighted by atomic mass is 9.62. The Hall–Kier alpha value is -2.12. The molecule has 1 N–H and O–H groups in total. The highest BCUT2D eigenvalue weighted by atomic mass is 79.9. The average molecular weight is 491 g/mol. The Morgan fingerprint density at radius 1 is 1.06 bits per heavy atom. The Morgan fingerprint density at radius 2 is 1.74 bits per heavy atom. The molecule has 2 aliphatic rings. The van der Waals surface area contributed by atoms with Crippen LogP contribution in [0.3, 0.4) is 0 Å². The van der Waals surface area contributed by atoms with Crippen LogP contribution in [0, 0.1) is 17.6 Å². The van der Waals surface area contributed by atoms with Crippen molar-refractivity contribution in [3.05, 3.63) is 69.7 Å². The van der Waals surface area contributed by atoms with E-state index in [-0.39, 0.29) is 24.3 Å². The van der Waals surface area contributed by atoms with Crippen molar-refractivity contribution >= 4 is 27.7 Å². The van der Waals surface area contributed by atoms with Crippen LogP contribution < -0.4 is 5.32 Å². The molecule has 2 aliphatic heterocycles. The number of hydrogen-bond donors (Lipinski definition) is 1. The van der Waals surface area contributed by atoms with E-state index in [1.807, 2.05) is 12.1 Å². The van der Waals surface area contributed by atoms with Crippen LogP contribution in [0.5, 0.6) is 0 Å². The van der Waals surface area contributed by atoms with Crippen molar-refractivity contribution in [1.82, 2.24) is 10.2 Å². The molecule has 0 aromatic heterocycles. The van der Waals surface area contributed by atoms with Gasteiger partial charge in [0.1, 0.15) is 0 Å². The maximum Gasteiger partial charge on any atom is 0.237 e. The van der Waals surface area contributed by atoms with Crippen LogP contribution in [0.25, 0.3) is 0 Å². The number of carbonyl (C=O) groups is 2. The van der Waals surface area contributed by atoms with Gasteiger partial charge in [-0.25, -0.2) is 8.78 Å². The van der Waals surface area contributed by atoms with Crippen molar-refractivity contribution < 1.29 is 18.4 Å². The first kappa shape index (κ1) is 22.1. The molecule has 2 aromatic rings. The van der Waals surface area contributed by atoms with Crippen molar-refractivity contribution in [2.24, 2.45) is 5.92 Å². The second kappa shape index (κ2) is 8.79. The fourth-order valence-electron chi connectivity index (χ4n) is 5.13. The highest BCUT2D eigenvalue weighted by molar-refractivity contribution is 9.10. The topological polar surface area (TPSA) is 49.4 Å². The van der Waals surface area contributed by atoms with Gasteiger partial charge >= 0.3 is 0 Å². The summed E-state index contributed by atoms with van der Waals surface area (Å²) in [5, 5.41) is 2.45. The summed E-state index contributed by atoms with van der Waals surface area (Å²) < 4.78 is 28.7. The predicted molar refractivity (Wildman–Crippen MR) is 117 cm³/mol. The summed E-state index contributed by atoms with van der Waals surface area (Å²) in [7, 11) is 0. The van der Waals surface area contributed by atoms with E-state index in [0.29, 0.717) is 12.0 Å². The molecule has 0 radical (unpaired) electrons. The number of benzene rings is 2. The molecule has 2 heterocycles. The second-order valence-corrected chi connectivity index (χ2v) is 9.43. The number of rotatable bonds is 4. The van der Waals surface area contributed by atoms with Crippen molar-refractivity contribution in [3.8, 4) is 0 Å². The molecule has 2 amide bonds. The lowest BCUT2D eigenvalue weighted by Gasteiger charge is -2.46. The molecule has 0 unspecified atom stereocenters. The monoisotopic (exact) mass is 490 g/mol. The first-order valence-corrected chi connectivity index (χ1v) is 11.4. The highest BCUT2D eigenvalue weighted by Crippen LogP contribution is 2.45. The fourth-order valence-corrected chi connectivity index (χ4v) is 5.40. The van der Waals surface area contributed by atoms with Gasteiger partial charge in [0, 0.05) is 16.9 Å². The molecular formula is C24H25BrF2N2O2. The van der Waals surface area contributed by atoms with Gasteiger partial charge in [-0.05, 0) is 80.6 Å². The maximum atomic E-state index is 14.1. The van der Waals surface area contributed by atoms with E-state index in [1.165, 1.54) is 11.6 Å². The van der Waals surface area contributed by atoms with Gasteiger partial charge in [0.15, 0.2) is 11.6 Å². The van der Waals surface area contributed by atoms with E-state index in [2.05, 4.69) is 45.2 Å². The number of likely N-dealkylation sites (tertiary alicyclic amines) is 1. The lowest BCUT2D eigenvalue weighted by Crippen LogP contribution is -2.57. The zero-order valence-corrected chi connectivity index (χ0v) is 18.9. The molecule has 2 atom stereocenters. The molecule has 2 fully saturated rings. The number of amides is 2. The molecule has 4 rings (SSSR count). The number of nitrogens with one attached hydrogen (secondary N) is 1. The highest BCUT2D eigenvalue weighted by Gasteiger charge is 2.50. The van der Waals surface area contributed by atoms with Gasteiger partial charge in [-0.2, -0.15) is 0 Å². The normalized spacial score (nSPS) is 24.1. The molecule has 7 heteroatoms. The third-order valence-corrected chi connectivity index (χ3v) is 7.49. The van der Waals surface area contributed by atoms with Gasteiger partial charge < -0.3 is 0 Å². The molecular weight excluding hydrogens is 466 g/mol. The van der Waals surface area contributed by atoms with Crippen molar-refractivity contribution in [2.75, 3.05) is 13.1 Å². The molecule has 0 spiro atoms.